The van der Waals surface area contributed by atoms with Gasteiger partial charge in [0.1, 0.15) is 5.82 Å². The third-order valence-electron chi connectivity index (χ3n) is 3.19. The Morgan fingerprint density at radius 1 is 1.24 bits per heavy atom. The topological polar surface area (TPSA) is 53.2 Å². The predicted molar refractivity (Wildman–Crippen MR) is 86.4 cm³/mol. The number of hydrogen-bond acceptors (Lipinski definition) is 3. The summed E-state index contributed by atoms with van der Waals surface area (Å²) in [6.45, 7) is 0. The van der Waals surface area contributed by atoms with Crippen LogP contribution in [-0.2, 0) is 4.79 Å². The molecule has 1 aliphatic carbocycles. The maximum Gasteiger partial charge on any atom is 0.248 e. The molecule has 3 N–H and O–H groups in total. The van der Waals surface area contributed by atoms with Crippen molar-refractivity contribution in [1.29, 1.82) is 0 Å². The van der Waals surface area contributed by atoms with Gasteiger partial charge in [0.05, 0.1) is 5.75 Å². The SMILES string of the molecule is O=C(CSc1ccc(F)cc1)NNC(=S)NC1CCCC1. The second-order valence-corrected chi connectivity index (χ2v) is 6.33. The number of thiocarbonyl (C=S) groups is 1. The van der Waals surface area contributed by atoms with Crippen molar-refractivity contribution in [3.05, 3.63) is 30.1 Å². The summed E-state index contributed by atoms with van der Waals surface area (Å²) in [6, 6.07) is 6.45. The molecule has 0 spiro atoms. The van der Waals surface area contributed by atoms with E-state index in [9.17, 15) is 9.18 Å². The largest absolute Gasteiger partial charge is 0.359 e. The summed E-state index contributed by atoms with van der Waals surface area (Å²) >= 11 is 6.45. The van der Waals surface area contributed by atoms with Crippen LogP contribution in [-0.4, -0.2) is 22.8 Å². The quantitative estimate of drug-likeness (QED) is 0.450. The van der Waals surface area contributed by atoms with Gasteiger partial charge in [-0.3, -0.25) is 15.6 Å². The molecule has 1 amide bonds. The predicted octanol–water partition coefficient (Wildman–Crippen LogP) is 2.36. The average molecular weight is 327 g/mol. The molecule has 21 heavy (non-hydrogen) atoms. The van der Waals surface area contributed by atoms with Crippen LogP contribution in [0.4, 0.5) is 4.39 Å². The van der Waals surface area contributed by atoms with Crippen molar-refractivity contribution in [2.45, 2.75) is 36.6 Å². The fourth-order valence-corrected chi connectivity index (χ4v) is 3.05. The van der Waals surface area contributed by atoms with E-state index in [-0.39, 0.29) is 17.5 Å². The van der Waals surface area contributed by atoms with E-state index < -0.39 is 0 Å². The molecule has 4 nitrogen and oxygen atoms in total. The lowest BCUT2D eigenvalue weighted by Crippen LogP contribution is -2.49. The summed E-state index contributed by atoms with van der Waals surface area (Å²) in [5.41, 5.74) is 5.25. The Morgan fingerprint density at radius 3 is 2.57 bits per heavy atom. The van der Waals surface area contributed by atoms with E-state index in [0.29, 0.717) is 11.2 Å². The summed E-state index contributed by atoms with van der Waals surface area (Å²) in [4.78, 5) is 12.5. The van der Waals surface area contributed by atoms with Gasteiger partial charge in [0.2, 0.25) is 5.91 Å². The maximum atomic E-state index is 12.7. The molecule has 1 aliphatic rings. The number of amides is 1. The first-order chi connectivity index (χ1) is 10.1. The van der Waals surface area contributed by atoms with Crippen molar-refractivity contribution in [1.82, 2.24) is 16.2 Å². The number of nitrogens with one attached hydrogen (secondary N) is 3. The third-order valence-corrected chi connectivity index (χ3v) is 4.42. The van der Waals surface area contributed by atoms with E-state index >= 15 is 0 Å². The molecule has 1 saturated carbocycles. The molecule has 0 atom stereocenters. The standard InChI is InChI=1S/C14H18FN3OS2/c15-10-5-7-12(8-6-10)21-9-13(19)17-18-14(20)16-11-3-1-2-4-11/h5-8,11H,1-4,9H2,(H,17,19)(H2,16,18,20). The average Bonchev–Trinajstić information content (AvgIpc) is 2.97. The van der Waals surface area contributed by atoms with Gasteiger partial charge in [-0.05, 0) is 49.3 Å². The lowest BCUT2D eigenvalue weighted by atomic mass is 10.3. The van der Waals surface area contributed by atoms with Crippen LogP contribution < -0.4 is 16.2 Å². The highest BCUT2D eigenvalue weighted by Gasteiger charge is 2.15. The highest BCUT2D eigenvalue weighted by atomic mass is 32.2. The number of benzene rings is 1. The monoisotopic (exact) mass is 327 g/mol. The van der Waals surface area contributed by atoms with Crippen LogP contribution in [0.3, 0.4) is 0 Å². The van der Waals surface area contributed by atoms with Gasteiger partial charge in [-0.15, -0.1) is 11.8 Å². The molecule has 1 aromatic rings. The summed E-state index contributed by atoms with van der Waals surface area (Å²) < 4.78 is 12.7. The number of hydrazine groups is 1. The molecule has 1 aromatic carbocycles. The van der Waals surface area contributed by atoms with Crippen LogP contribution in [0, 0.1) is 5.82 Å². The minimum atomic E-state index is -0.284. The first-order valence-electron chi connectivity index (χ1n) is 6.87. The van der Waals surface area contributed by atoms with Gasteiger partial charge in [0.25, 0.3) is 0 Å². The Balaban J connectivity index is 1.62. The number of halogens is 1. The molecule has 7 heteroatoms. The minimum Gasteiger partial charge on any atom is -0.359 e. The molecule has 114 valence electrons. The van der Waals surface area contributed by atoms with Crippen LogP contribution >= 0.6 is 24.0 Å². The Bertz CT molecular complexity index is 489. The van der Waals surface area contributed by atoms with Crippen LogP contribution in [0.2, 0.25) is 0 Å². The van der Waals surface area contributed by atoms with Gasteiger partial charge in [0.15, 0.2) is 5.11 Å². The fraction of sp³-hybridized carbons (Fsp3) is 0.429. The Hall–Kier alpha value is -1.34. The van der Waals surface area contributed by atoms with E-state index in [0.717, 1.165) is 17.7 Å². The van der Waals surface area contributed by atoms with Gasteiger partial charge in [-0.25, -0.2) is 4.39 Å². The summed E-state index contributed by atoms with van der Waals surface area (Å²) in [7, 11) is 0. The van der Waals surface area contributed by atoms with Crippen molar-refractivity contribution < 1.29 is 9.18 Å². The van der Waals surface area contributed by atoms with Crippen LogP contribution in [0.5, 0.6) is 0 Å². The molecule has 0 bridgehead atoms. The van der Waals surface area contributed by atoms with Gasteiger partial charge >= 0.3 is 0 Å². The molecular formula is C14H18FN3OS2. The number of carbonyl (C=O) groups is 1. The van der Waals surface area contributed by atoms with E-state index in [1.807, 2.05) is 0 Å². The Morgan fingerprint density at radius 2 is 1.90 bits per heavy atom. The minimum absolute atomic E-state index is 0.181. The number of hydrogen-bond donors (Lipinski definition) is 3. The van der Waals surface area contributed by atoms with Crippen molar-refractivity contribution in [3.8, 4) is 0 Å². The second kappa shape index (κ2) is 8.19. The van der Waals surface area contributed by atoms with Crippen molar-refractivity contribution in [3.63, 3.8) is 0 Å². The van der Waals surface area contributed by atoms with Crippen LogP contribution in [0.15, 0.2) is 29.2 Å². The van der Waals surface area contributed by atoms with Gasteiger partial charge < -0.3 is 5.32 Å². The fourth-order valence-electron chi connectivity index (χ4n) is 2.13. The third kappa shape index (κ3) is 5.89. The van der Waals surface area contributed by atoms with Crippen LogP contribution in [0.1, 0.15) is 25.7 Å². The van der Waals surface area contributed by atoms with Gasteiger partial charge in [-0.1, -0.05) is 12.8 Å². The number of rotatable bonds is 4. The molecule has 0 unspecified atom stereocenters. The molecule has 0 heterocycles. The summed E-state index contributed by atoms with van der Waals surface area (Å²) in [5.74, 6) is -0.223. The molecule has 0 saturated heterocycles. The highest BCUT2D eigenvalue weighted by Crippen LogP contribution is 2.18. The zero-order valence-corrected chi connectivity index (χ0v) is 13.2. The second-order valence-electron chi connectivity index (χ2n) is 4.87. The molecule has 1 fully saturated rings. The van der Waals surface area contributed by atoms with Gasteiger partial charge in [-0.2, -0.15) is 0 Å². The summed E-state index contributed by atoms with van der Waals surface area (Å²) in [5, 5.41) is 3.62. The van der Waals surface area contributed by atoms with Crippen molar-refractivity contribution in [2.75, 3.05) is 5.75 Å². The first kappa shape index (κ1) is 16.0. The van der Waals surface area contributed by atoms with Crippen LogP contribution in [0.25, 0.3) is 0 Å². The lowest BCUT2D eigenvalue weighted by Gasteiger charge is -2.16. The molecule has 2 rings (SSSR count). The summed E-state index contributed by atoms with van der Waals surface area (Å²) in [6.07, 6.45) is 4.69. The Labute approximate surface area is 133 Å². The normalized spacial score (nSPS) is 14.7. The van der Waals surface area contributed by atoms with E-state index in [1.54, 1.807) is 12.1 Å². The van der Waals surface area contributed by atoms with Crippen molar-refractivity contribution >= 4 is 35.0 Å². The number of thioether (sulfide) groups is 1. The van der Waals surface area contributed by atoms with E-state index in [2.05, 4.69) is 16.2 Å². The lowest BCUT2D eigenvalue weighted by molar-refractivity contribution is -0.119. The molecule has 0 aromatic heterocycles. The van der Waals surface area contributed by atoms with Gasteiger partial charge in [0, 0.05) is 10.9 Å². The zero-order valence-electron chi connectivity index (χ0n) is 11.5. The maximum absolute atomic E-state index is 12.7. The van der Waals surface area contributed by atoms with Crippen molar-refractivity contribution in [2.24, 2.45) is 0 Å². The van der Waals surface area contributed by atoms with E-state index in [1.165, 1.54) is 36.7 Å². The zero-order chi connectivity index (χ0) is 15.1. The smallest absolute Gasteiger partial charge is 0.248 e. The Kier molecular flexibility index (Phi) is 6.25. The molecule has 0 aliphatic heterocycles. The highest BCUT2D eigenvalue weighted by molar-refractivity contribution is 8.00. The molecular weight excluding hydrogens is 309 g/mol. The first-order valence-corrected chi connectivity index (χ1v) is 8.26. The number of carbonyl (C=O) groups excluding carboxylic acids is 1. The van der Waals surface area contributed by atoms with E-state index in [4.69, 9.17) is 12.2 Å². The molecule has 0 radical (unpaired) electrons.